The molecule has 1 fully saturated rings. The second-order valence-corrected chi connectivity index (χ2v) is 10.9. The highest BCUT2D eigenvalue weighted by atomic mass is 35.5. The van der Waals surface area contributed by atoms with Crippen LogP contribution in [0.5, 0.6) is 0 Å². The molecule has 1 saturated carbocycles. The van der Waals surface area contributed by atoms with Crippen molar-refractivity contribution >= 4 is 44.2 Å². The number of benzene rings is 2. The molecule has 4 aromatic rings. The largest absolute Gasteiger partial charge is 0.467 e. The number of nitrogens with zero attached hydrogens (tertiary/aromatic N) is 2. The fourth-order valence-electron chi connectivity index (χ4n) is 4.21. The van der Waals surface area contributed by atoms with Crippen LogP contribution in [0.2, 0.25) is 5.02 Å². The van der Waals surface area contributed by atoms with E-state index in [1.165, 1.54) is 16.6 Å². The Labute approximate surface area is 208 Å². The molecule has 1 amide bonds. The van der Waals surface area contributed by atoms with Crippen molar-refractivity contribution in [2.75, 3.05) is 10.8 Å². The van der Waals surface area contributed by atoms with Gasteiger partial charge < -0.3 is 13.7 Å². The van der Waals surface area contributed by atoms with Gasteiger partial charge in [0, 0.05) is 35.5 Å². The molecule has 1 aliphatic rings. The van der Waals surface area contributed by atoms with Gasteiger partial charge in [-0.2, -0.15) is 0 Å². The van der Waals surface area contributed by atoms with Gasteiger partial charge in [0.2, 0.25) is 5.91 Å². The van der Waals surface area contributed by atoms with E-state index in [4.69, 9.17) is 20.4 Å². The molecule has 0 atom stereocenters. The van der Waals surface area contributed by atoms with E-state index >= 15 is 0 Å². The zero-order valence-corrected chi connectivity index (χ0v) is 20.8. The molecule has 2 aromatic heterocycles. The van der Waals surface area contributed by atoms with Gasteiger partial charge in [-0.25, -0.2) is 8.42 Å². The van der Waals surface area contributed by atoms with Crippen molar-refractivity contribution in [1.82, 2.24) is 4.90 Å². The number of anilines is 1. The Morgan fingerprint density at radius 3 is 2.57 bits per heavy atom. The molecule has 35 heavy (non-hydrogen) atoms. The molecule has 0 spiro atoms. The molecule has 5 rings (SSSR count). The Hall–Kier alpha value is -3.23. The van der Waals surface area contributed by atoms with Gasteiger partial charge in [0.25, 0.3) is 10.0 Å². The van der Waals surface area contributed by atoms with Crippen molar-refractivity contribution in [2.45, 2.75) is 37.8 Å². The number of hydrogen-bond donors (Lipinski definition) is 0. The first-order valence-corrected chi connectivity index (χ1v) is 13.3. The number of carbonyl (C=O) groups is 1. The van der Waals surface area contributed by atoms with Crippen molar-refractivity contribution < 1.29 is 22.0 Å². The predicted molar refractivity (Wildman–Crippen MR) is 134 cm³/mol. The topological polar surface area (TPSA) is 84.0 Å². The summed E-state index contributed by atoms with van der Waals surface area (Å²) >= 11 is 6.33. The molecular weight excluding hydrogens is 488 g/mol. The monoisotopic (exact) mass is 512 g/mol. The molecule has 0 radical (unpaired) electrons. The lowest BCUT2D eigenvalue weighted by molar-refractivity contribution is -0.134. The predicted octanol–water partition coefficient (Wildman–Crippen LogP) is 5.83. The molecule has 182 valence electrons. The number of sulfonamides is 1. The number of carbonyl (C=O) groups excluding carboxylic acids is 1. The number of amides is 1. The highest BCUT2D eigenvalue weighted by Crippen LogP contribution is 2.35. The molecule has 0 bridgehead atoms. The summed E-state index contributed by atoms with van der Waals surface area (Å²) in [4.78, 5) is 14.9. The SMILES string of the molecule is CCN(c1ccc(Cl)cc1CN(Cc1ccco1)C(=O)C1CC1)S(=O)(=O)c1ccc2ccoc2c1. The number of halogens is 1. The average molecular weight is 513 g/mol. The van der Waals surface area contributed by atoms with Gasteiger partial charge in [-0.05, 0) is 73.9 Å². The van der Waals surface area contributed by atoms with Crippen LogP contribution in [0.25, 0.3) is 11.0 Å². The molecular formula is C26H25ClN2O5S. The lowest BCUT2D eigenvalue weighted by Crippen LogP contribution is -2.34. The van der Waals surface area contributed by atoms with E-state index in [1.807, 2.05) is 6.07 Å². The van der Waals surface area contributed by atoms with Gasteiger partial charge in [0.15, 0.2) is 0 Å². The third kappa shape index (κ3) is 4.81. The van der Waals surface area contributed by atoms with Gasteiger partial charge in [0.1, 0.15) is 11.3 Å². The third-order valence-electron chi connectivity index (χ3n) is 6.14. The van der Waals surface area contributed by atoms with Crippen molar-refractivity contribution in [2.24, 2.45) is 5.92 Å². The van der Waals surface area contributed by atoms with Crippen molar-refractivity contribution in [3.63, 3.8) is 0 Å². The summed E-state index contributed by atoms with van der Waals surface area (Å²) in [6, 6.07) is 15.3. The molecule has 2 heterocycles. The molecule has 7 nitrogen and oxygen atoms in total. The lowest BCUT2D eigenvalue weighted by Gasteiger charge is -2.28. The van der Waals surface area contributed by atoms with Gasteiger partial charge in [-0.1, -0.05) is 11.6 Å². The van der Waals surface area contributed by atoms with Gasteiger partial charge in [0.05, 0.1) is 29.7 Å². The highest BCUT2D eigenvalue weighted by Gasteiger charge is 2.35. The molecule has 0 aliphatic heterocycles. The average Bonchev–Trinajstić information content (AvgIpc) is 3.35. The molecule has 0 unspecified atom stereocenters. The summed E-state index contributed by atoms with van der Waals surface area (Å²) in [5.74, 6) is 0.689. The van der Waals surface area contributed by atoms with Crippen LogP contribution in [0.1, 0.15) is 31.1 Å². The van der Waals surface area contributed by atoms with E-state index in [-0.39, 0.29) is 29.8 Å². The first kappa shape index (κ1) is 23.5. The van der Waals surface area contributed by atoms with E-state index in [2.05, 4.69) is 0 Å². The van der Waals surface area contributed by atoms with Crippen LogP contribution in [0.3, 0.4) is 0 Å². The number of furan rings is 2. The Kier molecular flexibility index (Phi) is 6.34. The summed E-state index contributed by atoms with van der Waals surface area (Å²) in [5, 5.41) is 1.29. The molecule has 0 saturated heterocycles. The van der Waals surface area contributed by atoms with E-state index in [0.29, 0.717) is 34.2 Å². The minimum Gasteiger partial charge on any atom is -0.467 e. The van der Waals surface area contributed by atoms with Crippen molar-refractivity contribution in [3.05, 3.63) is 83.5 Å². The van der Waals surface area contributed by atoms with Crippen LogP contribution in [0.15, 0.2) is 80.9 Å². The van der Waals surface area contributed by atoms with Crippen molar-refractivity contribution in [1.29, 1.82) is 0 Å². The van der Waals surface area contributed by atoms with Crippen LogP contribution >= 0.6 is 11.6 Å². The van der Waals surface area contributed by atoms with Crippen LogP contribution in [-0.4, -0.2) is 25.8 Å². The van der Waals surface area contributed by atoms with Gasteiger partial charge in [-0.15, -0.1) is 0 Å². The first-order chi connectivity index (χ1) is 16.9. The van der Waals surface area contributed by atoms with E-state index in [1.54, 1.807) is 60.6 Å². The van der Waals surface area contributed by atoms with E-state index in [9.17, 15) is 13.2 Å². The normalized spacial score (nSPS) is 13.8. The van der Waals surface area contributed by atoms with E-state index < -0.39 is 10.0 Å². The second-order valence-electron chi connectivity index (χ2n) is 8.61. The Bertz CT molecular complexity index is 1460. The summed E-state index contributed by atoms with van der Waals surface area (Å²) in [7, 11) is -3.91. The van der Waals surface area contributed by atoms with Crippen molar-refractivity contribution in [3.8, 4) is 0 Å². The second kappa shape index (κ2) is 9.43. The van der Waals surface area contributed by atoms with Crippen LogP contribution in [-0.2, 0) is 27.9 Å². The van der Waals surface area contributed by atoms with Crippen LogP contribution in [0.4, 0.5) is 5.69 Å². The maximum atomic E-state index is 13.7. The van der Waals surface area contributed by atoms with Gasteiger partial charge >= 0.3 is 0 Å². The first-order valence-electron chi connectivity index (χ1n) is 11.5. The minimum atomic E-state index is -3.91. The quantitative estimate of drug-likeness (QED) is 0.281. The molecule has 9 heteroatoms. The molecule has 1 aliphatic carbocycles. The summed E-state index contributed by atoms with van der Waals surface area (Å²) in [6.07, 6.45) is 4.82. The summed E-state index contributed by atoms with van der Waals surface area (Å²) in [6.45, 7) is 2.47. The maximum Gasteiger partial charge on any atom is 0.264 e. The summed E-state index contributed by atoms with van der Waals surface area (Å²) < 4.78 is 39.7. The Balaban J connectivity index is 1.52. The zero-order chi connectivity index (χ0) is 24.6. The maximum absolute atomic E-state index is 13.7. The van der Waals surface area contributed by atoms with E-state index in [0.717, 1.165) is 18.2 Å². The zero-order valence-electron chi connectivity index (χ0n) is 19.2. The minimum absolute atomic E-state index is 0.00127. The van der Waals surface area contributed by atoms with Gasteiger partial charge in [-0.3, -0.25) is 9.10 Å². The Morgan fingerprint density at radius 2 is 1.86 bits per heavy atom. The fraction of sp³-hybridized carbons (Fsp3) is 0.269. The molecule has 2 aromatic carbocycles. The standard InChI is InChI=1S/C26H25ClN2O5S/c1-2-29(35(31,32)23-9-7-18-11-13-34-25(18)15-23)24-10-8-21(27)14-20(24)16-28(26(30)19-5-6-19)17-22-4-3-12-33-22/h3-4,7-15,19H,2,5-6,16-17H2,1H3. The third-order valence-corrected chi connectivity index (χ3v) is 8.26. The smallest absolute Gasteiger partial charge is 0.264 e. The van der Waals surface area contributed by atoms with Crippen LogP contribution < -0.4 is 4.31 Å². The fourth-order valence-corrected chi connectivity index (χ4v) is 5.94. The number of hydrogen-bond acceptors (Lipinski definition) is 5. The number of rotatable bonds is 9. The Morgan fingerprint density at radius 1 is 1.03 bits per heavy atom. The lowest BCUT2D eigenvalue weighted by atomic mass is 10.1. The molecule has 0 N–H and O–H groups in total. The van der Waals surface area contributed by atoms with Crippen LogP contribution in [0, 0.1) is 5.92 Å². The summed E-state index contributed by atoms with van der Waals surface area (Å²) in [5.41, 5.74) is 1.62. The highest BCUT2D eigenvalue weighted by molar-refractivity contribution is 7.92. The number of fused-ring (bicyclic) bond motifs is 1.